The van der Waals surface area contributed by atoms with Crippen LogP contribution in [0.2, 0.25) is 0 Å². The summed E-state index contributed by atoms with van der Waals surface area (Å²) >= 11 is 0. The fraction of sp³-hybridized carbons (Fsp3) is 0.310. The van der Waals surface area contributed by atoms with E-state index < -0.39 is 17.7 Å². The molecule has 36 heavy (non-hydrogen) atoms. The van der Waals surface area contributed by atoms with E-state index in [9.17, 15) is 14.7 Å². The monoisotopic (exact) mass is 488 g/mol. The highest BCUT2D eigenvalue weighted by molar-refractivity contribution is 6.46. The molecule has 0 unspecified atom stereocenters. The second-order valence-electron chi connectivity index (χ2n) is 8.84. The predicted octanol–water partition coefficient (Wildman–Crippen LogP) is 4.93. The van der Waals surface area contributed by atoms with Crippen molar-refractivity contribution in [3.05, 3.63) is 95.0 Å². The molecule has 1 N–H and O–H groups in total. The number of aliphatic hydroxyl groups is 1. The van der Waals surface area contributed by atoms with E-state index in [0.717, 1.165) is 24.2 Å². The van der Waals surface area contributed by atoms with Gasteiger partial charge in [-0.2, -0.15) is 0 Å². The molecule has 0 bridgehead atoms. The number of aryl methyl sites for hydroxylation is 1. The van der Waals surface area contributed by atoms with E-state index in [-0.39, 0.29) is 11.3 Å². The van der Waals surface area contributed by atoms with E-state index in [1.807, 2.05) is 25.1 Å². The molecule has 1 amide bonds. The van der Waals surface area contributed by atoms with Crippen LogP contribution in [0.25, 0.3) is 5.76 Å². The summed E-state index contributed by atoms with van der Waals surface area (Å²) in [6.07, 6.45) is 1.50. The molecule has 0 spiro atoms. The Hall–Kier alpha value is -3.84. The maximum atomic E-state index is 13.1. The van der Waals surface area contributed by atoms with Gasteiger partial charge in [0.2, 0.25) is 0 Å². The lowest BCUT2D eigenvalue weighted by molar-refractivity contribution is -0.140. The summed E-state index contributed by atoms with van der Waals surface area (Å²) in [5.74, 6) is -0.509. The van der Waals surface area contributed by atoms with Crippen molar-refractivity contribution in [1.82, 2.24) is 9.80 Å². The predicted molar refractivity (Wildman–Crippen MR) is 137 cm³/mol. The van der Waals surface area contributed by atoms with Gasteiger partial charge in [-0.25, -0.2) is 0 Å². The Morgan fingerprint density at radius 2 is 1.81 bits per heavy atom. The first-order chi connectivity index (χ1) is 17.4. The zero-order chi connectivity index (χ0) is 25.7. The lowest BCUT2D eigenvalue weighted by atomic mass is 9.99. The minimum Gasteiger partial charge on any atom is -0.507 e. The average Bonchev–Trinajstić information content (AvgIpc) is 3.50. The minimum atomic E-state index is -0.784. The zero-order valence-corrected chi connectivity index (χ0v) is 20.9. The molecule has 1 aliphatic rings. The molecule has 0 saturated carbocycles. The number of hydrogen-bond acceptors (Lipinski definition) is 6. The van der Waals surface area contributed by atoms with E-state index in [0.29, 0.717) is 36.8 Å². The Labute approximate surface area is 211 Å². The van der Waals surface area contributed by atoms with E-state index in [1.165, 1.54) is 11.2 Å². The van der Waals surface area contributed by atoms with Gasteiger partial charge >= 0.3 is 0 Å². The molecule has 1 saturated heterocycles. The van der Waals surface area contributed by atoms with Gasteiger partial charge in [-0.15, -0.1) is 0 Å². The Bertz CT molecular complexity index is 1230. The van der Waals surface area contributed by atoms with Gasteiger partial charge in [-0.05, 0) is 62.0 Å². The molecule has 1 aliphatic heterocycles. The quantitative estimate of drug-likeness (QED) is 0.248. The second-order valence-corrected chi connectivity index (χ2v) is 8.84. The van der Waals surface area contributed by atoms with Crippen molar-refractivity contribution < 1.29 is 23.8 Å². The number of likely N-dealkylation sites (N-methyl/N-ethyl adjacent to an activating group) is 1. The Morgan fingerprint density at radius 3 is 2.44 bits per heavy atom. The summed E-state index contributed by atoms with van der Waals surface area (Å²) in [6, 6.07) is 17.6. The van der Waals surface area contributed by atoms with Crippen LogP contribution >= 0.6 is 0 Å². The zero-order valence-electron chi connectivity index (χ0n) is 20.9. The van der Waals surface area contributed by atoms with Gasteiger partial charge in [0, 0.05) is 18.7 Å². The lowest BCUT2D eigenvalue weighted by Gasteiger charge is -2.26. The topological polar surface area (TPSA) is 83.2 Å². The number of ether oxygens (including phenoxy) is 1. The highest BCUT2D eigenvalue weighted by Gasteiger charge is 2.47. The van der Waals surface area contributed by atoms with Gasteiger partial charge in [0.05, 0.1) is 11.8 Å². The minimum absolute atomic E-state index is 0.0305. The van der Waals surface area contributed by atoms with Crippen molar-refractivity contribution >= 4 is 17.4 Å². The molecule has 3 aromatic rings. The van der Waals surface area contributed by atoms with Crippen molar-refractivity contribution in [2.24, 2.45) is 0 Å². The summed E-state index contributed by atoms with van der Waals surface area (Å²) in [6.45, 7) is 9.19. The standard InChI is InChI=1S/C29H32N2O5/c1-4-30(5-2)15-16-31-26(24-10-7-17-35-24)25(28(33)29(31)34)27(32)22-11-13-23(14-12-22)36-19-21-9-6-8-20(3)18-21/h6-14,17-18,26,32H,4-5,15-16,19H2,1-3H3/t26-/m0/s1. The number of furan rings is 1. The number of carbonyl (C=O) groups is 2. The van der Waals surface area contributed by atoms with Crippen LogP contribution < -0.4 is 4.74 Å². The third-order valence-corrected chi connectivity index (χ3v) is 6.52. The Balaban J connectivity index is 1.59. The number of aliphatic hydroxyl groups excluding tert-OH is 1. The fourth-order valence-corrected chi connectivity index (χ4v) is 4.48. The molecule has 0 radical (unpaired) electrons. The van der Waals surface area contributed by atoms with Crippen molar-refractivity contribution in [2.45, 2.75) is 33.4 Å². The number of hydrogen-bond donors (Lipinski definition) is 1. The fourth-order valence-electron chi connectivity index (χ4n) is 4.48. The van der Waals surface area contributed by atoms with Crippen LogP contribution in [0.1, 0.15) is 42.3 Å². The number of rotatable bonds is 10. The van der Waals surface area contributed by atoms with Crippen LogP contribution in [-0.2, 0) is 16.2 Å². The van der Waals surface area contributed by atoms with E-state index >= 15 is 0 Å². The molecule has 1 aromatic heterocycles. The molecule has 0 aliphatic carbocycles. The molecule has 1 fully saturated rings. The first-order valence-electron chi connectivity index (χ1n) is 12.3. The molecular weight excluding hydrogens is 456 g/mol. The highest BCUT2D eigenvalue weighted by Crippen LogP contribution is 2.39. The molecule has 7 nitrogen and oxygen atoms in total. The van der Waals surface area contributed by atoms with E-state index in [4.69, 9.17) is 9.15 Å². The summed E-state index contributed by atoms with van der Waals surface area (Å²) in [5.41, 5.74) is 2.68. The lowest BCUT2D eigenvalue weighted by Crippen LogP contribution is -2.37. The molecule has 1 atom stereocenters. The SMILES string of the molecule is CCN(CC)CCN1C(=O)C(=O)C(=C(O)c2ccc(OCc3cccc(C)c3)cc2)[C@@H]1c1ccco1. The van der Waals surface area contributed by atoms with Gasteiger partial charge in [0.25, 0.3) is 11.7 Å². The van der Waals surface area contributed by atoms with Crippen molar-refractivity contribution in [2.75, 3.05) is 26.2 Å². The third kappa shape index (κ3) is 5.36. The van der Waals surface area contributed by atoms with Gasteiger partial charge in [0.1, 0.15) is 29.9 Å². The first-order valence-corrected chi connectivity index (χ1v) is 12.3. The summed E-state index contributed by atoms with van der Waals surface area (Å²) in [5, 5.41) is 11.2. The number of Topliss-reactive ketones (excluding diaryl/α,β-unsaturated/α-hetero) is 1. The van der Waals surface area contributed by atoms with Gasteiger partial charge < -0.3 is 24.1 Å². The second kappa shape index (κ2) is 11.3. The molecule has 2 aromatic carbocycles. The Kier molecular flexibility index (Phi) is 7.90. The van der Waals surface area contributed by atoms with Crippen LogP contribution in [0, 0.1) is 6.92 Å². The largest absolute Gasteiger partial charge is 0.507 e. The van der Waals surface area contributed by atoms with Crippen LogP contribution in [-0.4, -0.2) is 52.8 Å². The number of likely N-dealkylation sites (tertiary alicyclic amines) is 1. The number of nitrogens with zero attached hydrogens (tertiary/aromatic N) is 2. The summed E-state index contributed by atoms with van der Waals surface area (Å²) < 4.78 is 11.5. The van der Waals surface area contributed by atoms with Crippen molar-refractivity contribution in [3.63, 3.8) is 0 Å². The van der Waals surface area contributed by atoms with Gasteiger partial charge in [-0.1, -0.05) is 43.7 Å². The average molecular weight is 489 g/mol. The number of amides is 1. The number of ketones is 1. The molecule has 2 heterocycles. The molecule has 4 rings (SSSR count). The van der Waals surface area contributed by atoms with Crippen LogP contribution in [0.4, 0.5) is 0 Å². The van der Waals surface area contributed by atoms with Crippen molar-refractivity contribution in [3.8, 4) is 5.75 Å². The molecule has 7 heteroatoms. The molecule has 188 valence electrons. The smallest absolute Gasteiger partial charge is 0.295 e. The van der Waals surface area contributed by atoms with Crippen LogP contribution in [0.5, 0.6) is 5.75 Å². The number of benzene rings is 2. The van der Waals surface area contributed by atoms with E-state index in [1.54, 1.807) is 36.4 Å². The first kappa shape index (κ1) is 25.3. The van der Waals surface area contributed by atoms with Crippen LogP contribution in [0.15, 0.2) is 76.9 Å². The van der Waals surface area contributed by atoms with Gasteiger partial charge in [-0.3, -0.25) is 9.59 Å². The highest BCUT2D eigenvalue weighted by atomic mass is 16.5. The molecular formula is C29H32N2O5. The summed E-state index contributed by atoms with van der Waals surface area (Å²) in [4.78, 5) is 29.7. The maximum absolute atomic E-state index is 13.1. The normalized spacial score (nSPS) is 17.2. The van der Waals surface area contributed by atoms with Crippen molar-refractivity contribution in [1.29, 1.82) is 0 Å². The van der Waals surface area contributed by atoms with E-state index in [2.05, 4.69) is 24.8 Å². The summed E-state index contributed by atoms with van der Waals surface area (Å²) in [7, 11) is 0. The maximum Gasteiger partial charge on any atom is 0.295 e. The Morgan fingerprint density at radius 1 is 1.06 bits per heavy atom. The number of carbonyl (C=O) groups excluding carboxylic acids is 2. The third-order valence-electron chi connectivity index (χ3n) is 6.52. The van der Waals surface area contributed by atoms with Gasteiger partial charge in [0.15, 0.2) is 0 Å². The van der Waals surface area contributed by atoms with Crippen LogP contribution in [0.3, 0.4) is 0 Å².